The molecule has 1 unspecified atom stereocenters. The molecule has 0 heterocycles. The van der Waals surface area contributed by atoms with Gasteiger partial charge in [-0.2, -0.15) is 4.52 Å². The topological polar surface area (TPSA) is 52.6 Å². The van der Waals surface area contributed by atoms with Crippen molar-refractivity contribution in [3.63, 3.8) is 0 Å². The number of carbonyl (C=O) groups is 1. The number of benzene rings is 2. The summed E-state index contributed by atoms with van der Waals surface area (Å²) in [5, 5.41) is 0. The first-order valence-corrected chi connectivity index (χ1v) is 8.37. The van der Waals surface area contributed by atoms with Crippen LogP contribution in [0.5, 0.6) is 0 Å². The normalized spacial score (nSPS) is 10.8. The maximum absolute atomic E-state index is 12.3. The van der Waals surface area contributed by atoms with Gasteiger partial charge in [0, 0.05) is 10.1 Å². The van der Waals surface area contributed by atoms with E-state index < -0.39 is 14.2 Å². The Hall–Kier alpha value is -2.29. The lowest BCUT2D eigenvalue weighted by atomic mass is 9.94. The summed E-state index contributed by atoms with van der Waals surface area (Å²) in [6.07, 6.45) is 0. The molecule has 5 heteroatoms. The van der Waals surface area contributed by atoms with Gasteiger partial charge in [-0.05, 0) is 30.5 Å². The highest BCUT2D eigenvalue weighted by molar-refractivity contribution is 7.34. The van der Waals surface area contributed by atoms with Crippen LogP contribution in [0.25, 0.3) is 5.57 Å². The molecule has 0 aliphatic carbocycles. The fraction of sp³-hybridized carbons (Fsp3) is 0.167. The summed E-state index contributed by atoms with van der Waals surface area (Å²) in [6.45, 7) is 3.56. The molecular formula is C18H18O4P+. The number of hydrogen-bond acceptors (Lipinski definition) is 4. The largest absolute Gasteiger partial charge is 0.753 e. The third-order valence-electron chi connectivity index (χ3n) is 3.20. The highest BCUT2D eigenvalue weighted by atomic mass is 31.1. The molecular weight excluding hydrogens is 311 g/mol. The lowest BCUT2D eigenvalue weighted by Gasteiger charge is -2.10. The lowest BCUT2D eigenvalue weighted by Crippen LogP contribution is -2.05. The molecule has 4 nitrogen and oxygen atoms in total. The minimum atomic E-state index is -2.45. The fourth-order valence-electron chi connectivity index (χ4n) is 2.18. The monoisotopic (exact) mass is 329 g/mol. The predicted molar refractivity (Wildman–Crippen MR) is 89.9 cm³/mol. The van der Waals surface area contributed by atoms with Crippen molar-refractivity contribution in [3.05, 3.63) is 77.4 Å². The number of rotatable bonds is 6. The zero-order valence-corrected chi connectivity index (χ0v) is 14.0. The fourth-order valence-corrected chi connectivity index (χ4v) is 2.72. The molecule has 0 spiro atoms. The van der Waals surface area contributed by atoms with E-state index in [9.17, 15) is 9.36 Å². The van der Waals surface area contributed by atoms with Crippen LogP contribution < -0.4 is 0 Å². The zero-order valence-electron chi connectivity index (χ0n) is 13.1. The Morgan fingerprint density at radius 3 is 1.87 bits per heavy atom. The molecule has 2 aromatic carbocycles. The predicted octanol–water partition coefficient (Wildman–Crippen LogP) is 4.75. The van der Waals surface area contributed by atoms with Crippen molar-refractivity contribution in [2.75, 3.05) is 6.61 Å². The lowest BCUT2D eigenvalue weighted by molar-refractivity contribution is -0.130. The average Bonchev–Trinajstić information content (AvgIpc) is 2.57. The van der Waals surface area contributed by atoms with Crippen LogP contribution in [-0.2, 0) is 18.4 Å². The van der Waals surface area contributed by atoms with Crippen molar-refractivity contribution >= 4 is 19.8 Å². The Labute approximate surface area is 136 Å². The summed E-state index contributed by atoms with van der Waals surface area (Å²) in [5.41, 5.74) is 2.90. The maximum atomic E-state index is 12.3. The van der Waals surface area contributed by atoms with E-state index in [1.54, 1.807) is 13.8 Å². The van der Waals surface area contributed by atoms with Gasteiger partial charge in [0.25, 0.3) is 0 Å². The molecule has 0 aliphatic rings. The highest BCUT2D eigenvalue weighted by Gasteiger charge is 2.28. The van der Waals surface area contributed by atoms with Crippen molar-refractivity contribution < 1.29 is 18.4 Å². The summed E-state index contributed by atoms with van der Waals surface area (Å²) in [6, 6.07) is 19.1. The first-order chi connectivity index (χ1) is 11.1. The Bertz CT molecular complexity index is 667. The average molecular weight is 329 g/mol. The molecule has 23 heavy (non-hydrogen) atoms. The van der Waals surface area contributed by atoms with E-state index in [1.807, 2.05) is 60.7 Å². The molecule has 0 aliphatic heterocycles. The van der Waals surface area contributed by atoms with E-state index in [-0.39, 0.29) is 6.61 Å². The summed E-state index contributed by atoms with van der Waals surface area (Å²) < 4.78 is 21.2. The number of carbonyl (C=O) groups excluding carboxylic acids is 1. The van der Waals surface area contributed by atoms with Crippen molar-refractivity contribution in [3.8, 4) is 0 Å². The van der Waals surface area contributed by atoms with Crippen molar-refractivity contribution in [2.24, 2.45) is 0 Å². The highest BCUT2D eigenvalue weighted by Crippen LogP contribution is 2.31. The Kier molecular flexibility index (Phi) is 6.21. The van der Waals surface area contributed by atoms with Gasteiger partial charge in [0.2, 0.25) is 0 Å². The standard InChI is InChI=1S/C18H18O4P/c1-3-21-23(20)22-18(19)14(2)17(15-10-6-4-7-11-15)16-12-8-5-9-13-16/h4-13H,3H2,1-2H3/q+1. The first kappa shape index (κ1) is 17.1. The smallest absolute Gasteiger partial charge is 0.241 e. The minimum absolute atomic E-state index is 0.218. The SMILES string of the molecule is CCO[P+](=O)OC(=O)C(C)=C(c1ccccc1)c1ccccc1. The van der Waals surface area contributed by atoms with Gasteiger partial charge < -0.3 is 0 Å². The molecule has 0 fully saturated rings. The van der Waals surface area contributed by atoms with E-state index in [4.69, 9.17) is 9.05 Å². The third kappa shape index (κ3) is 4.59. The van der Waals surface area contributed by atoms with Gasteiger partial charge in [-0.15, -0.1) is 4.52 Å². The van der Waals surface area contributed by atoms with Gasteiger partial charge in [0.05, 0.1) is 0 Å². The van der Waals surface area contributed by atoms with E-state index in [2.05, 4.69) is 0 Å². The van der Waals surface area contributed by atoms with Crippen LogP contribution in [-0.4, -0.2) is 12.6 Å². The summed E-state index contributed by atoms with van der Waals surface area (Å²) in [5.74, 6) is -0.651. The van der Waals surface area contributed by atoms with Crippen LogP contribution in [0.3, 0.4) is 0 Å². The molecule has 0 bridgehead atoms. The van der Waals surface area contributed by atoms with E-state index in [0.29, 0.717) is 5.57 Å². The molecule has 0 radical (unpaired) electrons. The molecule has 0 aromatic heterocycles. The van der Waals surface area contributed by atoms with Gasteiger partial charge in [-0.25, -0.2) is 4.79 Å². The van der Waals surface area contributed by atoms with Gasteiger partial charge in [-0.1, -0.05) is 60.7 Å². The Morgan fingerprint density at radius 1 is 0.957 bits per heavy atom. The summed E-state index contributed by atoms with van der Waals surface area (Å²) in [7, 11) is -2.45. The summed E-state index contributed by atoms with van der Waals surface area (Å²) in [4.78, 5) is 12.3. The quantitative estimate of drug-likeness (QED) is 0.567. The van der Waals surface area contributed by atoms with Gasteiger partial charge in [0.1, 0.15) is 6.61 Å². The molecule has 0 saturated heterocycles. The third-order valence-corrected chi connectivity index (χ3v) is 3.98. The Balaban J connectivity index is 2.44. The van der Waals surface area contributed by atoms with Crippen LogP contribution in [0.4, 0.5) is 0 Å². The van der Waals surface area contributed by atoms with Crippen LogP contribution in [0.15, 0.2) is 66.2 Å². The molecule has 0 N–H and O–H groups in total. The van der Waals surface area contributed by atoms with Gasteiger partial charge in [-0.3, -0.25) is 0 Å². The van der Waals surface area contributed by atoms with Crippen LogP contribution in [0.1, 0.15) is 25.0 Å². The second kappa shape index (κ2) is 8.37. The molecule has 1 atom stereocenters. The summed E-state index contributed by atoms with van der Waals surface area (Å²) >= 11 is 0. The van der Waals surface area contributed by atoms with Crippen LogP contribution >= 0.6 is 8.25 Å². The van der Waals surface area contributed by atoms with E-state index >= 15 is 0 Å². The van der Waals surface area contributed by atoms with Gasteiger partial charge in [0.15, 0.2) is 0 Å². The van der Waals surface area contributed by atoms with Crippen molar-refractivity contribution in [1.29, 1.82) is 0 Å². The molecule has 2 rings (SSSR count). The van der Waals surface area contributed by atoms with E-state index in [0.717, 1.165) is 16.7 Å². The van der Waals surface area contributed by atoms with Gasteiger partial charge >= 0.3 is 14.2 Å². The van der Waals surface area contributed by atoms with Crippen molar-refractivity contribution in [2.45, 2.75) is 13.8 Å². The van der Waals surface area contributed by atoms with Crippen molar-refractivity contribution in [1.82, 2.24) is 0 Å². The number of hydrogen-bond donors (Lipinski definition) is 0. The second-order valence-electron chi connectivity index (χ2n) is 4.75. The Morgan fingerprint density at radius 2 is 1.43 bits per heavy atom. The van der Waals surface area contributed by atoms with E-state index in [1.165, 1.54) is 0 Å². The first-order valence-electron chi connectivity index (χ1n) is 7.27. The van der Waals surface area contributed by atoms with Crippen LogP contribution in [0.2, 0.25) is 0 Å². The van der Waals surface area contributed by atoms with Crippen LogP contribution in [0, 0.1) is 0 Å². The molecule has 0 saturated carbocycles. The molecule has 0 amide bonds. The maximum Gasteiger partial charge on any atom is 0.753 e. The molecule has 2 aromatic rings. The molecule has 118 valence electrons. The zero-order chi connectivity index (χ0) is 16.7. The minimum Gasteiger partial charge on any atom is -0.241 e. The second-order valence-corrected chi connectivity index (χ2v) is 5.64.